The standard InChI is InChI=1S/C11H22N2O2/c1-3-7-13-8-5-11(12,6-9-13)10(14)15-4-2/h3-9,12H2,1-2H3. The van der Waals surface area contributed by atoms with Crippen LogP contribution in [0.1, 0.15) is 33.1 Å². The van der Waals surface area contributed by atoms with Gasteiger partial charge in [-0.1, -0.05) is 6.92 Å². The monoisotopic (exact) mass is 214 g/mol. The molecule has 1 heterocycles. The van der Waals surface area contributed by atoms with Gasteiger partial charge in [0.15, 0.2) is 0 Å². The van der Waals surface area contributed by atoms with Crippen molar-refractivity contribution in [2.24, 2.45) is 5.73 Å². The number of hydrogen-bond donors (Lipinski definition) is 1. The largest absolute Gasteiger partial charge is 0.465 e. The maximum Gasteiger partial charge on any atom is 0.326 e. The number of rotatable bonds is 4. The molecule has 0 radical (unpaired) electrons. The Balaban J connectivity index is 2.43. The van der Waals surface area contributed by atoms with Gasteiger partial charge in [0.25, 0.3) is 0 Å². The van der Waals surface area contributed by atoms with Crippen LogP contribution in [0.4, 0.5) is 0 Å². The highest BCUT2D eigenvalue weighted by Crippen LogP contribution is 2.21. The molecule has 0 aliphatic carbocycles. The molecular formula is C11H22N2O2. The molecule has 1 fully saturated rings. The van der Waals surface area contributed by atoms with Gasteiger partial charge in [0.2, 0.25) is 0 Å². The molecule has 1 aliphatic rings. The van der Waals surface area contributed by atoms with Crippen molar-refractivity contribution in [3.8, 4) is 0 Å². The summed E-state index contributed by atoms with van der Waals surface area (Å²) in [5.41, 5.74) is 5.31. The summed E-state index contributed by atoms with van der Waals surface area (Å²) >= 11 is 0. The molecular weight excluding hydrogens is 192 g/mol. The normalized spacial score (nSPS) is 21.3. The highest BCUT2D eigenvalue weighted by atomic mass is 16.5. The van der Waals surface area contributed by atoms with Gasteiger partial charge in [-0.3, -0.25) is 4.79 Å². The Morgan fingerprint density at radius 3 is 2.47 bits per heavy atom. The Hall–Kier alpha value is -0.610. The fourth-order valence-corrected chi connectivity index (χ4v) is 1.97. The molecule has 1 aliphatic heterocycles. The number of carbonyl (C=O) groups is 1. The van der Waals surface area contributed by atoms with E-state index in [4.69, 9.17) is 10.5 Å². The summed E-state index contributed by atoms with van der Waals surface area (Å²) in [7, 11) is 0. The van der Waals surface area contributed by atoms with Crippen LogP contribution < -0.4 is 5.73 Å². The summed E-state index contributed by atoms with van der Waals surface area (Å²) in [4.78, 5) is 14.0. The molecule has 0 saturated carbocycles. The second kappa shape index (κ2) is 5.47. The van der Waals surface area contributed by atoms with Crippen molar-refractivity contribution in [2.75, 3.05) is 26.2 Å². The number of carbonyl (C=O) groups excluding carboxylic acids is 1. The van der Waals surface area contributed by atoms with Gasteiger partial charge >= 0.3 is 5.97 Å². The first-order valence-electron chi connectivity index (χ1n) is 5.81. The van der Waals surface area contributed by atoms with Crippen LogP contribution in [0.2, 0.25) is 0 Å². The molecule has 0 spiro atoms. The van der Waals surface area contributed by atoms with E-state index in [1.54, 1.807) is 0 Å². The van der Waals surface area contributed by atoms with Crippen molar-refractivity contribution < 1.29 is 9.53 Å². The first-order chi connectivity index (χ1) is 7.12. The molecule has 88 valence electrons. The first kappa shape index (κ1) is 12.5. The van der Waals surface area contributed by atoms with Crippen LogP contribution in [-0.4, -0.2) is 42.6 Å². The minimum atomic E-state index is -0.736. The van der Waals surface area contributed by atoms with Crippen molar-refractivity contribution >= 4 is 5.97 Å². The van der Waals surface area contributed by atoms with Crippen molar-refractivity contribution in [2.45, 2.75) is 38.6 Å². The predicted molar refractivity (Wildman–Crippen MR) is 59.5 cm³/mol. The van der Waals surface area contributed by atoms with Gasteiger partial charge in [0, 0.05) is 13.1 Å². The average molecular weight is 214 g/mol. The maximum absolute atomic E-state index is 11.6. The molecule has 4 nitrogen and oxygen atoms in total. The number of nitrogens with zero attached hydrogens (tertiary/aromatic N) is 1. The van der Waals surface area contributed by atoms with E-state index in [1.165, 1.54) is 0 Å². The van der Waals surface area contributed by atoms with Crippen molar-refractivity contribution in [3.63, 3.8) is 0 Å². The molecule has 0 amide bonds. The van der Waals surface area contributed by atoms with Gasteiger partial charge in [0.1, 0.15) is 5.54 Å². The quantitative estimate of drug-likeness (QED) is 0.702. The van der Waals surface area contributed by atoms with Crippen LogP contribution in [0.5, 0.6) is 0 Å². The molecule has 0 bridgehead atoms. The van der Waals surface area contributed by atoms with Crippen LogP contribution in [0.15, 0.2) is 0 Å². The smallest absolute Gasteiger partial charge is 0.326 e. The lowest BCUT2D eigenvalue weighted by molar-refractivity contribution is -0.151. The summed E-state index contributed by atoms with van der Waals surface area (Å²) in [6.45, 7) is 7.30. The van der Waals surface area contributed by atoms with Crippen LogP contribution in [-0.2, 0) is 9.53 Å². The lowest BCUT2D eigenvalue weighted by Crippen LogP contribution is -2.56. The van der Waals surface area contributed by atoms with Crippen LogP contribution in [0.25, 0.3) is 0 Å². The van der Waals surface area contributed by atoms with Gasteiger partial charge in [-0.25, -0.2) is 0 Å². The molecule has 0 aromatic carbocycles. The van der Waals surface area contributed by atoms with Crippen molar-refractivity contribution in [1.29, 1.82) is 0 Å². The number of esters is 1. The number of ether oxygens (including phenoxy) is 1. The zero-order valence-electron chi connectivity index (χ0n) is 9.79. The third-order valence-electron chi connectivity index (χ3n) is 2.97. The molecule has 2 N–H and O–H groups in total. The van der Waals surface area contributed by atoms with Gasteiger partial charge in [0.05, 0.1) is 6.61 Å². The third kappa shape index (κ3) is 3.18. The van der Waals surface area contributed by atoms with Gasteiger partial charge in [-0.2, -0.15) is 0 Å². The second-order valence-electron chi connectivity index (χ2n) is 4.22. The van der Waals surface area contributed by atoms with E-state index < -0.39 is 5.54 Å². The van der Waals surface area contributed by atoms with Gasteiger partial charge in [-0.15, -0.1) is 0 Å². The predicted octanol–water partition coefficient (Wildman–Crippen LogP) is 0.753. The van der Waals surface area contributed by atoms with Crippen LogP contribution in [0.3, 0.4) is 0 Å². The fourth-order valence-electron chi connectivity index (χ4n) is 1.97. The van der Waals surface area contributed by atoms with Crippen molar-refractivity contribution in [3.05, 3.63) is 0 Å². The summed E-state index contributed by atoms with van der Waals surface area (Å²) in [6.07, 6.45) is 2.58. The summed E-state index contributed by atoms with van der Waals surface area (Å²) in [6, 6.07) is 0. The summed E-state index contributed by atoms with van der Waals surface area (Å²) in [5.74, 6) is -0.235. The molecule has 0 atom stereocenters. The number of hydrogen-bond acceptors (Lipinski definition) is 4. The van der Waals surface area contributed by atoms with E-state index in [1.807, 2.05) is 6.92 Å². The topological polar surface area (TPSA) is 55.6 Å². The highest BCUT2D eigenvalue weighted by molar-refractivity contribution is 5.80. The Morgan fingerprint density at radius 2 is 2.00 bits per heavy atom. The van der Waals surface area contributed by atoms with E-state index in [0.717, 1.165) is 26.1 Å². The lowest BCUT2D eigenvalue weighted by atomic mass is 9.88. The van der Waals surface area contributed by atoms with Gasteiger partial charge in [-0.05, 0) is 32.7 Å². The molecule has 4 heteroatoms. The Morgan fingerprint density at radius 1 is 1.40 bits per heavy atom. The van der Waals surface area contributed by atoms with Crippen LogP contribution >= 0.6 is 0 Å². The van der Waals surface area contributed by atoms with E-state index in [9.17, 15) is 4.79 Å². The third-order valence-corrected chi connectivity index (χ3v) is 2.97. The summed E-state index contributed by atoms with van der Waals surface area (Å²) < 4.78 is 5.00. The number of piperidine rings is 1. The molecule has 1 rings (SSSR count). The lowest BCUT2D eigenvalue weighted by Gasteiger charge is -2.37. The minimum Gasteiger partial charge on any atom is -0.465 e. The second-order valence-corrected chi connectivity index (χ2v) is 4.22. The fraction of sp³-hybridized carbons (Fsp3) is 0.909. The Kier molecular flexibility index (Phi) is 4.54. The Labute approximate surface area is 91.8 Å². The van der Waals surface area contributed by atoms with Crippen molar-refractivity contribution in [1.82, 2.24) is 4.90 Å². The number of likely N-dealkylation sites (tertiary alicyclic amines) is 1. The van der Waals surface area contributed by atoms with Crippen LogP contribution in [0, 0.1) is 0 Å². The first-order valence-corrected chi connectivity index (χ1v) is 5.81. The average Bonchev–Trinajstić information content (AvgIpc) is 2.22. The summed E-state index contributed by atoms with van der Waals surface area (Å²) in [5, 5.41) is 0. The number of nitrogens with two attached hydrogens (primary N) is 1. The zero-order chi connectivity index (χ0) is 11.3. The van der Waals surface area contributed by atoms with Gasteiger partial charge < -0.3 is 15.4 Å². The SMILES string of the molecule is CCCN1CCC(N)(C(=O)OCC)CC1. The van der Waals surface area contributed by atoms with E-state index in [-0.39, 0.29) is 5.97 Å². The molecule has 1 saturated heterocycles. The van der Waals surface area contributed by atoms with E-state index in [0.29, 0.717) is 19.4 Å². The minimum absolute atomic E-state index is 0.235. The van der Waals surface area contributed by atoms with E-state index >= 15 is 0 Å². The molecule has 15 heavy (non-hydrogen) atoms. The molecule has 0 unspecified atom stereocenters. The molecule has 0 aromatic heterocycles. The zero-order valence-corrected chi connectivity index (χ0v) is 9.79. The maximum atomic E-state index is 11.6. The molecule has 0 aromatic rings. The highest BCUT2D eigenvalue weighted by Gasteiger charge is 2.38. The Bertz CT molecular complexity index is 211. The van der Waals surface area contributed by atoms with E-state index in [2.05, 4.69) is 11.8 Å².